The zero-order chi connectivity index (χ0) is 11.5. The molecule has 0 spiro atoms. The van der Waals surface area contributed by atoms with Crippen molar-refractivity contribution in [3.8, 4) is 17.0 Å². The molecule has 1 aromatic carbocycles. The molecule has 0 radical (unpaired) electrons. The first-order valence-corrected chi connectivity index (χ1v) is 5.32. The minimum absolute atomic E-state index is 0.498. The average molecular weight is 232 g/mol. The largest absolute Gasteiger partial charge is 0.497 e. The number of ether oxygens (including phenoxy) is 1. The third kappa shape index (κ3) is 2.28. The highest BCUT2D eigenvalue weighted by atomic mass is 32.1. The van der Waals surface area contributed by atoms with Crippen molar-refractivity contribution in [3.63, 3.8) is 0 Å². The lowest BCUT2D eigenvalue weighted by Crippen LogP contribution is -1.91. The first-order valence-electron chi connectivity index (χ1n) is 4.91. The van der Waals surface area contributed by atoms with Gasteiger partial charge in [0.2, 0.25) is 0 Å². The maximum Gasteiger partial charge on any atom is 0.197 e. The van der Waals surface area contributed by atoms with E-state index in [2.05, 4.69) is 9.97 Å². The van der Waals surface area contributed by atoms with Gasteiger partial charge in [-0.3, -0.25) is 0 Å². The molecule has 3 nitrogen and oxygen atoms in total. The summed E-state index contributed by atoms with van der Waals surface area (Å²) in [5.74, 6) is 0.815. The number of nitrogens with zero attached hydrogens (tertiary/aromatic N) is 1. The summed E-state index contributed by atoms with van der Waals surface area (Å²) in [5.41, 5.74) is 2.86. The highest BCUT2D eigenvalue weighted by Gasteiger charge is 2.01. The second-order valence-corrected chi connectivity index (χ2v) is 3.87. The first-order chi connectivity index (χ1) is 7.69. The number of hydrogen-bond donors (Lipinski definition) is 1. The molecular weight excluding hydrogens is 220 g/mol. The summed E-state index contributed by atoms with van der Waals surface area (Å²) in [6.45, 7) is 1.96. The Kier molecular flexibility index (Phi) is 3.01. The van der Waals surface area contributed by atoms with Gasteiger partial charge in [-0.15, -0.1) is 0 Å². The van der Waals surface area contributed by atoms with Crippen LogP contribution in [0.15, 0.2) is 30.3 Å². The number of nitrogens with one attached hydrogen (secondary N) is 1. The molecule has 0 unspecified atom stereocenters. The van der Waals surface area contributed by atoms with Gasteiger partial charge in [0, 0.05) is 11.3 Å². The van der Waals surface area contributed by atoms with Crippen LogP contribution in [0.4, 0.5) is 0 Å². The average Bonchev–Trinajstić information content (AvgIpc) is 2.28. The minimum atomic E-state index is 0.498. The maximum absolute atomic E-state index is 5.18. The van der Waals surface area contributed by atoms with Crippen LogP contribution in [0.1, 0.15) is 5.69 Å². The van der Waals surface area contributed by atoms with Crippen molar-refractivity contribution in [2.75, 3.05) is 7.11 Å². The van der Waals surface area contributed by atoms with Gasteiger partial charge in [-0.1, -0.05) is 12.1 Å². The molecule has 0 atom stereocenters. The fourth-order valence-corrected chi connectivity index (χ4v) is 1.77. The monoisotopic (exact) mass is 232 g/mol. The van der Waals surface area contributed by atoms with Gasteiger partial charge in [-0.25, -0.2) is 4.98 Å². The van der Waals surface area contributed by atoms with Crippen LogP contribution < -0.4 is 4.74 Å². The molecule has 2 rings (SSSR count). The summed E-state index contributed by atoms with van der Waals surface area (Å²) < 4.78 is 5.67. The fraction of sp³-hybridized carbons (Fsp3) is 0.167. The van der Waals surface area contributed by atoms with E-state index in [1.54, 1.807) is 7.11 Å². The van der Waals surface area contributed by atoms with Gasteiger partial charge >= 0.3 is 0 Å². The number of aromatic amines is 1. The summed E-state index contributed by atoms with van der Waals surface area (Å²) in [4.78, 5) is 7.26. The maximum atomic E-state index is 5.18. The molecule has 0 aliphatic carbocycles. The van der Waals surface area contributed by atoms with Gasteiger partial charge < -0.3 is 9.72 Å². The Bertz CT molecular complexity index is 563. The summed E-state index contributed by atoms with van der Waals surface area (Å²) in [6.07, 6.45) is 0. The highest BCUT2D eigenvalue weighted by molar-refractivity contribution is 7.71. The van der Waals surface area contributed by atoms with Gasteiger partial charge in [-0.05, 0) is 37.3 Å². The van der Waals surface area contributed by atoms with Gasteiger partial charge in [0.25, 0.3) is 0 Å². The summed E-state index contributed by atoms with van der Waals surface area (Å²) in [5, 5.41) is 0. The molecule has 82 valence electrons. The molecule has 16 heavy (non-hydrogen) atoms. The number of rotatable bonds is 2. The third-order valence-electron chi connectivity index (χ3n) is 2.24. The summed E-state index contributed by atoms with van der Waals surface area (Å²) >= 11 is 5.05. The molecule has 0 bridgehead atoms. The number of aryl methyl sites for hydroxylation is 1. The van der Waals surface area contributed by atoms with Crippen molar-refractivity contribution in [1.29, 1.82) is 0 Å². The zero-order valence-electron chi connectivity index (χ0n) is 9.15. The van der Waals surface area contributed by atoms with Crippen LogP contribution >= 0.6 is 12.2 Å². The van der Waals surface area contributed by atoms with Gasteiger partial charge in [-0.2, -0.15) is 0 Å². The summed E-state index contributed by atoms with van der Waals surface area (Å²) in [6, 6.07) is 9.73. The van der Waals surface area contributed by atoms with E-state index in [1.807, 2.05) is 37.3 Å². The molecule has 2 aromatic rings. The van der Waals surface area contributed by atoms with E-state index >= 15 is 0 Å². The molecule has 0 amide bonds. The lowest BCUT2D eigenvalue weighted by atomic mass is 10.1. The normalized spacial score (nSPS) is 10.1. The molecular formula is C12H12N2OS. The predicted molar refractivity (Wildman–Crippen MR) is 66.1 cm³/mol. The van der Waals surface area contributed by atoms with E-state index in [0.29, 0.717) is 4.77 Å². The molecule has 0 aliphatic rings. The molecule has 0 fully saturated rings. The van der Waals surface area contributed by atoms with Gasteiger partial charge in [0.1, 0.15) is 5.75 Å². The van der Waals surface area contributed by atoms with Crippen molar-refractivity contribution >= 4 is 12.2 Å². The molecule has 0 aliphatic heterocycles. The zero-order valence-corrected chi connectivity index (χ0v) is 9.97. The molecule has 0 saturated carbocycles. The molecule has 0 saturated heterocycles. The molecule has 4 heteroatoms. The smallest absolute Gasteiger partial charge is 0.197 e. The van der Waals surface area contributed by atoms with Crippen molar-refractivity contribution in [2.24, 2.45) is 0 Å². The highest BCUT2D eigenvalue weighted by Crippen LogP contribution is 2.22. The Hall–Kier alpha value is -1.68. The number of hydrogen-bond acceptors (Lipinski definition) is 3. The van der Waals surface area contributed by atoms with E-state index in [9.17, 15) is 0 Å². The van der Waals surface area contributed by atoms with E-state index < -0.39 is 0 Å². The Balaban J connectivity index is 2.53. The Morgan fingerprint density at radius 1 is 1.31 bits per heavy atom. The Labute approximate surface area is 99.1 Å². The second-order valence-electron chi connectivity index (χ2n) is 3.49. The van der Waals surface area contributed by atoms with Gasteiger partial charge in [0.05, 0.1) is 12.8 Å². The summed E-state index contributed by atoms with van der Waals surface area (Å²) in [7, 11) is 1.65. The Morgan fingerprint density at radius 2 is 2.12 bits per heavy atom. The lowest BCUT2D eigenvalue weighted by molar-refractivity contribution is 0.415. The Morgan fingerprint density at radius 3 is 2.81 bits per heavy atom. The SMILES string of the molecule is COc1cccc(-c2cc(C)[nH]c(=S)n2)c1. The van der Waals surface area contributed by atoms with Crippen LogP contribution in [0.5, 0.6) is 5.75 Å². The predicted octanol–water partition coefficient (Wildman–Crippen LogP) is 3.12. The van der Waals surface area contributed by atoms with Crippen LogP contribution in [0.2, 0.25) is 0 Å². The minimum Gasteiger partial charge on any atom is -0.497 e. The van der Waals surface area contributed by atoms with Crippen molar-refractivity contribution in [1.82, 2.24) is 9.97 Å². The molecule has 1 heterocycles. The fourth-order valence-electron chi connectivity index (χ4n) is 1.51. The third-order valence-corrected chi connectivity index (χ3v) is 2.44. The van der Waals surface area contributed by atoms with Crippen LogP contribution in [-0.4, -0.2) is 17.1 Å². The standard InChI is InChI=1S/C12H12N2OS/c1-8-6-11(14-12(16)13-8)9-4-3-5-10(7-9)15-2/h3-7H,1-2H3,(H,13,14,16). The van der Waals surface area contributed by atoms with E-state index in [1.165, 1.54) is 0 Å². The molecule has 1 aromatic heterocycles. The van der Waals surface area contributed by atoms with Crippen LogP contribution in [0.3, 0.4) is 0 Å². The van der Waals surface area contributed by atoms with E-state index in [4.69, 9.17) is 17.0 Å². The van der Waals surface area contributed by atoms with E-state index in [-0.39, 0.29) is 0 Å². The number of aromatic nitrogens is 2. The number of benzene rings is 1. The molecule has 1 N–H and O–H groups in total. The first kappa shape index (κ1) is 10.8. The van der Waals surface area contributed by atoms with E-state index in [0.717, 1.165) is 22.7 Å². The van der Waals surface area contributed by atoms with Crippen molar-refractivity contribution in [3.05, 3.63) is 40.8 Å². The second kappa shape index (κ2) is 4.45. The van der Waals surface area contributed by atoms with Crippen molar-refractivity contribution < 1.29 is 4.74 Å². The van der Waals surface area contributed by atoms with Gasteiger partial charge in [0.15, 0.2) is 4.77 Å². The quantitative estimate of drug-likeness (QED) is 0.808. The lowest BCUT2D eigenvalue weighted by Gasteiger charge is -2.04. The van der Waals surface area contributed by atoms with Crippen LogP contribution in [0, 0.1) is 11.7 Å². The number of methoxy groups -OCH3 is 1. The van der Waals surface area contributed by atoms with Crippen molar-refractivity contribution in [2.45, 2.75) is 6.92 Å². The number of H-pyrrole nitrogens is 1. The van der Waals surface area contributed by atoms with Crippen LogP contribution in [0.25, 0.3) is 11.3 Å². The topological polar surface area (TPSA) is 37.9 Å². The van der Waals surface area contributed by atoms with Crippen LogP contribution in [-0.2, 0) is 0 Å².